The van der Waals surface area contributed by atoms with Gasteiger partial charge in [-0.05, 0) is 38.0 Å². The van der Waals surface area contributed by atoms with E-state index in [1.165, 1.54) is 5.69 Å². The molecule has 3 aromatic heterocycles. The largest absolute Gasteiger partial charge is 0.349 e. The number of likely N-dealkylation sites (tertiary alicyclic amines) is 1. The van der Waals surface area contributed by atoms with Crippen molar-refractivity contribution >= 4 is 17.2 Å². The third-order valence-corrected chi connectivity index (χ3v) is 6.14. The Morgan fingerprint density at radius 2 is 2.18 bits per heavy atom. The van der Waals surface area contributed by atoms with Crippen molar-refractivity contribution in [2.45, 2.75) is 32.4 Å². The van der Waals surface area contributed by atoms with E-state index in [1.807, 2.05) is 24.2 Å². The van der Waals surface area contributed by atoms with Crippen LogP contribution in [0.1, 0.15) is 34.6 Å². The van der Waals surface area contributed by atoms with E-state index in [1.54, 1.807) is 35.9 Å². The first kappa shape index (κ1) is 18.8. The molecular formula is C20H24N6OS. The van der Waals surface area contributed by atoms with Crippen molar-refractivity contribution in [1.82, 2.24) is 30.0 Å². The SMILES string of the molecule is Cc1ncsc1-c1cc(CN2CCC(NC(=O)c3cccnc3)CC2)n(C)n1. The number of hydrogen-bond acceptors (Lipinski definition) is 6. The molecule has 146 valence electrons. The van der Waals surface area contributed by atoms with Gasteiger partial charge in [0.2, 0.25) is 0 Å². The highest BCUT2D eigenvalue weighted by atomic mass is 32.1. The summed E-state index contributed by atoms with van der Waals surface area (Å²) in [6, 6.07) is 5.96. The van der Waals surface area contributed by atoms with E-state index in [0.717, 1.165) is 48.7 Å². The molecule has 0 saturated carbocycles. The van der Waals surface area contributed by atoms with Crippen molar-refractivity contribution in [3.05, 3.63) is 53.1 Å². The summed E-state index contributed by atoms with van der Waals surface area (Å²) < 4.78 is 1.96. The Bertz CT molecular complexity index is 943. The first-order valence-corrected chi connectivity index (χ1v) is 10.3. The molecule has 4 rings (SSSR count). The van der Waals surface area contributed by atoms with Crippen LogP contribution in [0.5, 0.6) is 0 Å². The molecular weight excluding hydrogens is 372 g/mol. The number of aryl methyl sites for hydroxylation is 2. The van der Waals surface area contributed by atoms with E-state index >= 15 is 0 Å². The molecule has 0 aliphatic carbocycles. The van der Waals surface area contributed by atoms with Gasteiger partial charge in [0.1, 0.15) is 5.69 Å². The lowest BCUT2D eigenvalue weighted by Crippen LogP contribution is -2.44. The first-order chi connectivity index (χ1) is 13.6. The number of hydrogen-bond donors (Lipinski definition) is 1. The Labute approximate surface area is 168 Å². The van der Waals surface area contributed by atoms with Gasteiger partial charge in [0.25, 0.3) is 5.91 Å². The third-order valence-electron chi connectivity index (χ3n) is 5.19. The Morgan fingerprint density at radius 3 is 2.86 bits per heavy atom. The molecule has 1 amide bonds. The minimum Gasteiger partial charge on any atom is -0.349 e. The van der Waals surface area contributed by atoms with Crippen LogP contribution in [-0.2, 0) is 13.6 Å². The molecule has 28 heavy (non-hydrogen) atoms. The lowest BCUT2D eigenvalue weighted by atomic mass is 10.0. The summed E-state index contributed by atoms with van der Waals surface area (Å²) in [6.45, 7) is 4.80. The lowest BCUT2D eigenvalue weighted by Gasteiger charge is -2.32. The van der Waals surface area contributed by atoms with Gasteiger partial charge >= 0.3 is 0 Å². The molecule has 1 fully saturated rings. The Morgan fingerprint density at radius 1 is 1.36 bits per heavy atom. The normalized spacial score (nSPS) is 15.6. The minimum absolute atomic E-state index is 0.0391. The lowest BCUT2D eigenvalue weighted by molar-refractivity contribution is 0.0908. The molecule has 1 N–H and O–H groups in total. The van der Waals surface area contributed by atoms with E-state index in [0.29, 0.717) is 5.56 Å². The second-order valence-electron chi connectivity index (χ2n) is 7.18. The smallest absolute Gasteiger partial charge is 0.253 e. The number of carbonyl (C=O) groups is 1. The van der Waals surface area contributed by atoms with E-state index < -0.39 is 0 Å². The number of pyridine rings is 1. The Balaban J connectivity index is 1.32. The van der Waals surface area contributed by atoms with Gasteiger partial charge in [-0.3, -0.25) is 19.4 Å². The molecule has 8 heteroatoms. The van der Waals surface area contributed by atoms with Crippen LogP contribution >= 0.6 is 11.3 Å². The summed E-state index contributed by atoms with van der Waals surface area (Å²) >= 11 is 1.63. The fourth-order valence-corrected chi connectivity index (χ4v) is 4.30. The Hall–Kier alpha value is -2.58. The molecule has 0 aromatic carbocycles. The van der Waals surface area contributed by atoms with Crippen LogP contribution in [0.25, 0.3) is 10.6 Å². The maximum atomic E-state index is 12.3. The zero-order chi connectivity index (χ0) is 19.5. The summed E-state index contributed by atoms with van der Waals surface area (Å²) in [5.41, 5.74) is 5.70. The second-order valence-corrected chi connectivity index (χ2v) is 8.03. The van der Waals surface area contributed by atoms with Crippen molar-refractivity contribution in [2.24, 2.45) is 7.05 Å². The quantitative estimate of drug-likeness (QED) is 0.718. The molecule has 0 radical (unpaired) electrons. The molecule has 1 aliphatic rings. The molecule has 3 aromatic rings. The van der Waals surface area contributed by atoms with Gasteiger partial charge in [-0.15, -0.1) is 11.3 Å². The zero-order valence-corrected chi connectivity index (χ0v) is 16.9. The standard InChI is InChI=1S/C20H24N6OS/c1-14-19(28-13-22-14)18-10-17(25(2)24-18)12-26-8-5-16(6-9-26)23-20(27)15-4-3-7-21-11-15/h3-4,7,10-11,13,16H,5-6,8-9,12H2,1-2H3,(H,23,27). The van der Waals surface area contributed by atoms with Gasteiger partial charge in [0.15, 0.2) is 0 Å². The molecule has 0 unspecified atom stereocenters. The number of amides is 1. The highest BCUT2D eigenvalue weighted by Gasteiger charge is 2.22. The van der Waals surface area contributed by atoms with E-state index in [2.05, 4.69) is 31.3 Å². The maximum absolute atomic E-state index is 12.3. The van der Waals surface area contributed by atoms with Crippen molar-refractivity contribution in [3.63, 3.8) is 0 Å². The molecule has 0 bridgehead atoms. The monoisotopic (exact) mass is 396 g/mol. The summed E-state index contributed by atoms with van der Waals surface area (Å²) in [4.78, 5) is 24.2. The van der Waals surface area contributed by atoms with Gasteiger partial charge in [-0.25, -0.2) is 4.98 Å². The number of nitrogens with zero attached hydrogens (tertiary/aromatic N) is 5. The Kier molecular flexibility index (Phi) is 5.50. The fourth-order valence-electron chi connectivity index (χ4n) is 3.54. The number of thiazole rings is 1. The summed E-state index contributed by atoms with van der Waals surface area (Å²) in [7, 11) is 2.00. The van der Waals surface area contributed by atoms with Crippen molar-refractivity contribution in [1.29, 1.82) is 0 Å². The van der Waals surface area contributed by atoms with Gasteiger partial charge in [-0.1, -0.05) is 0 Å². The average molecular weight is 397 g/mol. The van der Waals surface area contributed by atoms with Crippen LogP contribution in [0.3, 0.4) is 0 Å². The van der Waals surface area contributed by atoms with Gasteiger partial charge in [-0.2, -0.15) is 5.10 Å². The number of aromatic nitrogens is 4. The average Bonchev–Trinajstić information content (AvgIpc) is 3.29. The molecule has 1 aliphatic heterocycles. The predicted octanol–water partition coefficient (Wildman–Crippen LogP) is 2.64. The molecule has 0 spiro atoms. The van der Waals surface area contributed by atoms with Crippen molar-refractivity contribution in [3.8, 4) is 10.6 Å². The third kappa shape index (κ3) is 4.13. The number of nitrogens with one attached hydrogen (secondary N) is 1. The van der Waals surface area contributed by atoms with Gasteiger partial charge in [0.05, 0.1) is 27.3 Å². The number of carbonyl (C=O) groups excluding carboxylic acids is 1. The van der Waals surface area contributed by atoms with Gasteiger partial charge < -0.3 is 5.32 Å². The molecule has 1 saturated heterocycles. The molecule has 0 atom stereocenters. The van der Waals surface area contributed by atoms with Gasteiger partial charge in [0, 0.05) is 45.1 Å². The van der Waals surface area contributed by atoms with E-state index in [4.69, 9.17) is 0 Å². The van der Waals surface area contributed by atoms with Crippen LogP contribution in [0.15, 0.2) is 36.1 Å². The molecule has 4 heterocycles. The van der Waals surface area contributed by atoms with Crippen LogP contribution in [0.2, 0.25) is 0 Å². The number of piperidine rings is 1. The van der Waals surface area contributed by atoms with Crippen LogP contribution < -0.4 is 5.32 Å². The minimum atomic E-state index is -0.0391. The topological polar surface area (TPSA) is 75.9 Å². The van der Waals surface area contributed by atoms with Crippen molar-refractivity contribution in [2.75, 3.05) is 13.1 Å². The predicted molar refractivity (Wildman–Crippen MR) is 109 cm³/mol. The summed E-state index contributed by atoms with van der Waals surface area (Å²) in [5.74, 6) is -0.0391. The van der Waals surface area contributed by atoms with E-state index in [9.17, 15) is 4.79 Å². The first-order valence-electron chi connectivity index (χ1n) is 9.47. The maximum Gasteiger partial charge on any atom is 0.253 e. The van der Waals surface area contributed by atoms with Crippen LogP contribution in [0, 0.1) is 6.92 Å². The summed E-state index contributed by atoms with van der Waals surface area (Å²) in [5, 5.41) is 7.80. The highest BCUT2D eigenvalue weighted by Crippen LogP contribution is 2.27. The molecule has 7 nitrogen and oxygen atoms in total. The summed E-state index contributed by atoms with van der Waals surface area (Å²) in [6.07, 6.45) is 5.18. The highest BCUT2D eigenvalue weighted by molar-refractivity contribution is 7.13. The zero-order valence-electron chi connectivity index (χ0n) is 16.1. The second kappa shape index (κ2) is 8.20. The van der Waals surface area contributed by atoms with Crippen LogP contribution in [0.4, 0.5) is 0 Å². The number of rotatable bonds is 5. The van der Waals surface area contributed by atoms with Crippen LogP contribution in [-0.4, -0.2) is 49.7 Å². The fraction of sp³-hybridized carbons (Fsp3) is 0.400. The van der Waals surface area contributed by atoms with E-state index in [-0.39, 0.29) is 11.9 Å². The van der Waals surface area contributed by atoms with Crippen molar-refractivity contribution < 1.29 is 4.79 Å².